The standard InChI is InChI=1S/C18H21NO4/c1-12-16(22-3)10-5-13(18(12)23-4)11-17(20)19-14-6-8-15(21-2)9-7-14/h5-10H,11H2,1-4H3,(H,19,20). The Morgan fingerprint density at radius 1 is 0.957 bits per heavy atom. The van der Waals surface area contributed by atoms with Crippen LogP contribution in [-0.2, 0) is 11.2 Å². The zero-order chi connectivity index (χ0) is 16.8. The van der Waals surface area contributed by atoms with Crippen molar-refractivity contribution in [2.75, 3.05) is 26.6 Å². The maximum absolute atomic E-state index is 12.2. The average Bonchev–Trinajstić information content (AvgIpc) is 2.56. The van der Waals surface area contributed by atoms with E-state index in [1.165, 1.54) is 0 Å². The molecule has 0 aromatic heterocycles. The molecule has 0 saturated heterocycles. The van der Waals surface area contributed by atoms with Crippen molar-refractivity contribution >= 4 is 11.6 Å². The van der Waals surface area contributed by atoms with E-state index in [0.29, 0.717) is 5.75 Å². The Labute approximate surface area is 136 Å². The van der Waals surface area contributed by atoms with Crippen molar-refractivity contribution in [2.24, 2.45) is 0 Å². The normalized spacial score (nSPS) is 10.1. The summed E-state index contributed by atoms with van der Waals surface area (Å²) < 4.78 is 15.8. The first-order valence-corrected chi connectivity index (χ1v) is 7.23. The van der Waals surface area contributed by atoms with Gasteiger partial charge in [-0.25, -0.2) is 0 Å². The minimum absolute atomic E-state index is 0.113. The summed E-state index contributed by atoms with van der Waals surface area (Å²) in [4.78, 5) is 12.2. The molecule has 0 aliphatic carbocycles. The number of carbonyl (C=O) groups excluding carboxylic acids is 1. The quantitative estimate of drug-likeness (QED) is 0.889. The van der Waals surface area contributed by atoms with Crippen molar-refractivity contribution < 1.29 is 19.0 Å². The molecule has 0 unspecified atom stereocenters. The second kappa shape index (κ2) is 7.54. The van der Waals surface area contributed by atoms with Crippen LogP contribution in [0.4, 0.5) is 5.69 Å². The maximum Gasteiger partial charge on any atom is 0.228 e. The molecule has 0 saturated carbocycles. The van der Waals surface area contributed by atoms with E-state index < -0.39 is 0 Å². The molecule has 0 fully saturated rings. The van der Waals surface area contributed by atoms with Crippen LogP contribution in [-0.4, -0.2) is 27.2 Å². The number of hydrogen-bond acceptors (Lipinski definition) is 4. The number of ether oxygens (including phenoxy) is 3. The van der Waals surface area contributed by atoms with Gasteiger partial charge in [0.15, 0.2) is 0 Å². The predicted molar refractivity (Wildman–Crippen MR) is 89.6 cm³/mol. The molecule has 0 aliphatic rings. The fraction of sp³-hybridized carbons (Fsp3) is 0.278. The lowest BCUT2D eigenvalue weighted by atomic mass is 10.1. The molecule has 23 heavy (non-hydrogen) atoms. The van der Waals surface area contributed by atoms with Crippen molar-refractivity contribution in [3.63, 3.8) is 0 Å². The highest BCUT2D eigenvalue weighted by Crippen LogP contribution is 2.31. The molecule has 5 nitrogen and oxygen atoms in total. The summed E-state index contributed by atoms with van der Waals surface area (Å²) in [6.07, 6.45) is 0.222. The van der Waals surface area contributed by atoms with Crippen LogP contribution in [0, 0.1) is 6.92 Å². The van der Waals surface area contributed by atoms with Crippen molar-refractivity contribution in [3.05, 3.63) is 47.5 Å². The van der Waals surface area contributed by atoms with Crippen LogP contribution >= 0.6 is 0 Å². The van der Waals surface area contributed by atoms with Crippen LogP contribution in [0.3, 0.4) is 0 Å². The Morgan fingerprint density at radius 2 is 1.65 bits per heavy atom. The number of anilines is 1. The Morgan fingerprint density at radius 3 is 2.22 bits per heavy atom. The van der Waals surface area contributed by atoms with Crippen molar-refractivity contribution in [1.82, 2.24) is 0 Å². The van der Waals surface area contributed by atoms with Crippen LogP contribution in [0.5, 0.6) is 17.2 Å². The van der Waals surface area contributed by atoms with Gasteiger partial charge in [0.1, 0.15) is 17.2 Å². The Bertz CT molecular complexity index is 680. The average molecular weight is 315 g/mol. The monoisotopic (exact) mass is 315 g/mol. The molecule has 1 N–H and O–H groups in total. The van der Waals surface area contributed by atoms with Gasteiger partial charge in [-0.2, -0.15) is 0 Å². The smallest absolute Gasteiger partial charge is 0.228 e. The third-order valence-electron chi connectivity index (χ3n) is 3.59. The van der Waals surface area contributed by atoms with E-state index in [9.17, 15) is 4.79 Å². The van der Waals surface area contributed by atoms with Gasteiger partial charge in [-0.05, 0) is 37.3 Å². The number of methoxy groups -OCH3 is 3. The molecule has 2 aromatic carbocycles. The Hall–Kier alpha value is -2.69. The molecule has 0 atom stereocenters. The van der Waals surface area contributed by atoms with Crippen LogP contribution in [0.15, 0.2) is 36.4 Å². The van der Waals surface area contributed by atoms with Gasteiger partial charge in [0.25, 0.3) is 0 Å². The minimum atomic E-state index is -0.113. The first kappa shape index (κ1) is 16.7. The molecule has 5 heteroatoms. The number of rotatable bonds is 6. The second-order valence-electron chi connectivity index (χ2n) is 5.04. The van der Waals surface area contributed by atoms with E-state index in [2.05, 4.69) is 5.32 Å². The van der Waals surface area contributed by atoms with Gasteiger partial charge >= 0.3 is 0 Å². The third kappa shape index (κ3) is 3.94. The summed E-state index contributed by atoms with van der Waals surface area (Å²) >= 11 is 0. The number of benzene rings is 2. The van der Waals surface area contributed by atoms with E-state index >= 15 is 0 Å². The molecule has 0 bridgehead atoms. The first-order chi connectivity index (χ1) is 11.1. The third-order valence-corrected chi connectivity index (χ3v) is 3.59. The summed E-state index contributed by atoms with van der Waals surface area (Å²) in [5, 5.41) is 2.86. The van der Waals surface area contributed by atoms with Gasteiger partial charge in [0.05, 0.1) is 27.8 Å². The van der Waals surface area contributed by atoms with Gasteiger partial charge in [-0.1, -0.05) is 6.07 Å². The lowest BCUT2D eigenvalue weighted by Crippen LogP contribution is -2.15. The van der Waals surface area contributed by atoms with Gasteiger partial charge in [-0.3, -0.25) is 4.79 Å². The van der Waals surface area contributed by atoms with Crippen LogP contribution < -0.4 is 19.5 Å². The SMILES string of the molecule is COc1ccc(NC(=O)Cc2ccc(OC)c(C)c2OC)cc1. The summed E-state index contributed by atoms with van der Waals surface area (Å²) in [6, 6.07) is 10.9. The zero-order valence-electron chi connectivity index (χ0n) is 13.8. The van der Waals surface area contributed by atoms with Crippen molar-refractivity contribution in [2.45, 2.75) is 13.3 Å². The van der Waals surface area contributed by atoms with E-state index in [0.717, 1.165) is 28.3 Å². The molecular formula is C18H21NO4. The zero-order valence-corrected chi connectivity index (χ0v) is 13.8. The Balaban J connectivity index is 2.11. The number of nitrogens with one attached hydrogen (secondary N) is 1. The molecule has 1 amide bonds. The largest absolute Gasteiger partial charge is 0.497 e. The van der Waals surface area contributed by atoms with E-state index in [1.807, 2.05) is 19.1 Å². The van der Waals surface area contributed by atoms with Crippen molar-refractivity contribution in [1.29, 1.82) is 0 Å². The topological polar surface area (TPSA) is 56.8 Å². The molecule has 0 spiro atoms. The number of amides is 1. The molecule has 2 rings (SSSR count). The van der Waals surface area contributed by atoms with E-state index in [1.54, 1.807) is 45.6 Å². The van der Waals surface area contributed by atoms with Gasteiger partial charge < -0.3 is 19.5 Å². The van der Waals surface area contributed by atoms with Crippen molar-refractivity contribution in [3.8, 4) is 17.2 Å². The van der Waals surface area contributed by atoms with Gasteiger partial charge in [0.2, 0.25) is 5.91 Å². The molecule has 0 radical (unpaired) electrons. The minimum Gasteiger partial charge on any atom is -0.497 e. The molecule has 0 aliphatic heterocycles. The van der Waals surface area contributed by atoms with Gasteiger partial charge in [-0.15, -0.1) is 0 Å². The molecular weight excluding hydrogens is 294 g/mol. The molecule has 122 valence electrons. The first-order valence-electron chi connectivity index (χ1n) is 7.23. The number of hydrogen-bond donors (Lipinski definition) is 1. The van der Waals surface area contributed by atoms with E-state index in [-0.39, 0.29) is 12.3 Å². The molecule has 0 heterocycles. The van der Waals surface area contributed by atoms with E-state index in [4.69, 9.17) is 14.2 Å². The lowest BCUT2D eigenvalue weighted by Gasteiger charge is -2.14. The van der Waals surface area contributed by atoms with Crippen LogP contribution in [0.1, 0.15) is 11.1 Å². The maximum atomic E-state index is 12.2. The highest BCUT2D eigenvalue weighted by atomic mass is 16.5. The predicted octanol–water partition coefficient (Wildman–Crippen LogP) is 3.20. The van der Waals surface area contributed by atoms with Gasteiger partial charge in [0, 0.05) is 16.8 Å². The summed E-state index contributed by atoms with van der Waals surface area (Å²) in [5.41, 5.74) is 2.42. The fourth-order valence-corrected chi connectivity index (χ4v) is 2.43. The summed E-state index contributed by atoms with van der Waals surface area (Å²) in [5.74, 6) is 2.05. The summed E-state index contributed by atoms with van der Waals surface area (Å²) in [6.45, 7) is 1.91. The van der Waals surface area contributed by atoms with Crippen LogP contribution in [0.25, 0.3) is 0 Å². The van der Waals surface area contributed by atoms with Crippen LogP contribution in [0.2, 0.25) is 0 Å². The highest BCUT2D eigenvalue weighted by molar-refractivity contribution is 5.92. The lowest BCUT2D eigenvalue weighted by molar-refractivity contribution is -0.115. The highest BCUT2D eigenvalue weighted by Gasteiger charge is 2.14. The Kier molecular flexibility index (Phi) is 5.46. The fourth-order valence-electron chi connectivity index (χ4n) is 2.43. The second-order valence-corrected chi connectivity index (χ2v) is 5.04. The number of carbonyl (C=O) groups is 1. The summed E-state index contributed by atoms with van der Waals surface area (Å²) in [7, 11) is 4.80. The molecule has 2 aromatic rings.